The van der Waals surface area contributed by atoms with E-state index in [9.17, 15) is 4.79 Å². The molecule has 0 spiro atoms. The minimum absolute atomic E-state index is 0.109. The number of aromatic nitrogens is 2. The number of fused-ring (bicyclic) bond motifs is 3. The van der Waals surface area contributed by atoms with Gasteiger partial charge < -0.3 is 0 Å². The van der Waals surface area contributed by atoms with Crippen LogP contribution >= 0.6 is 11.6 Å². The van der Waals surface area contributed by atoms with Crippen LogP contribution in [0.1, 0.15) is 10.4 Å². The van der Waals surface area contributed by atoms with Gasteiger partial charge in [-0.3, -0.25) is 4.79 Å². The highest BCUT2D eigenvalue weighted by Gasteiger charge is 2.26. The molecule has 0 bridgehead atoms. The van der Waals surface area contributed by atoms with Crippen LogP contribution in [-0.4, -0.2) is 15.7 Å². The highest BCUT2D eigenvalue weighted by Crippen LogP contribution is 2.32. The lowest BCUT2D eigenvalue weighted by molar-refractivity contribution is 0.0955. The van der Waals surface area contributed by atoms with Gasteiger partial charge in [0, 0.05) is 10.6 Å². The number of halogens is 1. The van der Waals surface area contributed by atoms with Crippen molar-refractivity contribution in [3.05, 3.63) is 41.0 Å². The third kappa shape index (κ3) is 0.822. The fourth-order valence-electron chi connectivity index (χ4n) is 1.70. The Morgan fingerprint density at radius 1 is 1.21 bits per heavy atom. The van der Waals surface area contributed by atoms with E-state index in [1.807, 2.05) is 12.1 Å². The normalized spacial score (nSPS) is 12.8. The Hall–Kier alpha value is -1.61. The number of benzene rings is 1. The molecule has 0 atom stereocenters. The highest BCUT2D eigenvalue weighted by atomic mass is 35.5. The van der Waals surface area contributed by atoms with Crippen LogP contribution < -0.4 is 0 Å². The summed E-state index contributed by atoms with van der Waals surface area (Å²) in [5.74, 6) is -0.109. The van der Waals surface area contributed by atoms with Crippen molar-refractivity contribution in [1.82, 2.24) is 9.78 Å². The zero-order valence-corrected chi connectivity index (χ0v) is 7.82. The Kier molecular flexibility index (Phi) is 1.36. The summed E-state index contributed by atoms with van der Waals surface area (Å²) in [5.41, 5.74) is 2.36. The van der Waals surface area contributed by atoms with Crippen molar-refractivity contribution in [1.29, 1.82) is 0 Å². The quantitative estimate of drug-likeness (QED) is 0.563. The Labute approximate surface area is 84.9 Å². The molecule has 0 fully saturated rings. The average Bonchev–Trinajstić information content (AvgIpc) is 2.72. The van der Waals surface area contributed by atoms with E-state index >= 15 is 0 Å². The number of carbonyl (C=O) groups is 1. The van der Waals surface area contributed by atoms with Crippen molar-refractivity contribution in [2.24, 2.45) is 0 Å². The molecule has 2 aromatic rings. The van der Waals surface area contributed by atoms with Crippen molar-refractivity contribution < 1.29 is 4.79 Å². The van der Waals surface area contributed by atoms with Crippen molar-refractivity contribution in [3.63, 3.8) is 0 Å². The second-order valence-electron chi connectivity index (χ2n) is 3.12. The Bertz CT molecular complexity index is 545. The third-order valence-corrected chi connectivity index (χ3v) is 2.56. The summed E-state index contributed by atoms with van der Waals surface area (Å²) in [6.45, 7) is 0. The average molecular weight is 205 g/mol. The predicted molar refractivity (Wildman–Crippen MR) is 52.4 cm³/mol. The summed E-state index contributed by atoms with van der Waals surface area (Å²) >= 11 is 5.82. The number of carbonyl (C=O) groups excluding carboxylic acids is 1. The summed E-state index contributed by atoms with van der Waals surface area (Å²) in [4.78, 5) is 11.7. The second-order valence-corrected chi connectivity index (χ2v) is 3.56. The maximum atomic E-state index is 11.7. The molecule has 0 N–H and O–H groups in total. The molecule has 0 aliphatic carbocycles. The molecule has 1 aliphatic rings. The zero-order chi connectivity index (χ0) is 9.71. The summed E-state index contributed by atoms with van der Waals surface area (Å²) in [6.07, 6.45) is 1.62. The molecule has 0 saturated heterocycles. The number of nitrogens with zero attached hydrogens (tertiary/aromatic N) is 2. The minimum Gasteiger partial charge on any atom is -0.267 e. The molecule has 2 heterocycles. The summed E-state index contributed by atoms with van der Waals surface area (Å²) < 4.78 is 1.39. The maximum Gasteiger partial charge on any atom is 0.279 e. The first-order chi connectivity index (χ1) is 6.77. The number of hydrogen-bond donors (Lipinski definition) is 0. The third-order valence-electron chi connectivity index (χ3n) is 2.32. The van der Waals surface area contributed by atoms with Gasteiger partial charge in [-0.25, -0.2) is 0 Å². The molecule has 0 radical (unpaired) electrons. The topological polar surface area (TPSA) is 34.9 Å². The van der Waals surface area contributed by atoms with Gasteiger partial charge in [0.15, 0.2) is 0 Å². The summed E-state index contributed by atoms with van der Waals surface area (Å²) in [7, 11) is 0. The lowest BCUT2D eigenvalue weighted by Gasteiger charge is -1.95. The largest absolute Gasteiger partial charge is 0.279 e. The van der Waals surface area contributed by atoms with E-state index in [0.717, 1.165) is 11.3 Å². The number of hydrogen-bond acceptors (Lipinski definition) is 2. The van der Waals surface area contributed by atoms with E-state index in [0.29, 0.717) is 10.6 Å². The Balaban J connectivity index is 2.38. The monoisotopic (exact) mass is 204 g/mol. The van der Waals surface area contributed by atoms with Crippen LogP contribution in [0.25, 0.3) is 11.3 Å². The first kappa shape index (κ1) is 7.76. The van der Waals surface area contributed by atoms with Gasteiger partial charge in [-0.05, 0) is 18.2 Å². The van der Waals surface area contributed by atoms with E-state index < -0.39 is 0 Å². The van der Waals surface area contributed by atoms with Gasteiger partial charge in [0.05, 0.1) is 17.5 Å². The van der Waals surface area contributed by atoms with Gasteiger partial charge in [-0.15, -0.1) is 0 Å². The lowest BCUT2D eigenvalue weighted by atomic mass is 10.1. The molecule has 1 aromatic heterocycles. The highest BCUT2D eigenvalue weighted by molar-refractivity contribution is 6.31. The van der Waals surface area contributed by atoms with Crippen molar-refractivity contribution >= 4 is 17.5 Å². The van der Waals surface area contributed by atoms with Crippen LogP contribution in [0.15, 0.2) is 30.5 Å². The summed E-state index contributed by atoms with van der Waals surface area (Å²) in [6, 6.07) is 7.11. The van der Waals surface area contributed by atoms with Gasteiger partial charge in [-0.2, -0.15) is 9.78 Å². The second kappa shape index (κ2) is 2.45. The van der Waals surface area contributed by atoms with Gasteiger partial charge in [0.2, 0.25) is 0 Å². The SMILES string of the molecule is O=C1c2cc(Cl)ccc2-c2ccnn21. The Morgan fingerprint density at radius 3 is 2.93 bits per heavy atom. The predicted octanol–water partition coefficient (Wildman–Crippen LogP) is 2.21. The minimum atomic E-state index is -0.109. The fourth-order valence-corrected chi connectivity index (χ4v) is 1.87. The fraction of sp³-hybridized carbons (Fsp3) is 0. The van der Waals surface area contributed by atoms with E-state index in [1.165, 1.54) is 4.68 Å². The molecule has 3 rings (SSSR count). The van der Waals surface area contributed by atoms with Gasteiger partial charge in [0.25, 0.3) is 5.91 Å². The molecular weight excluding hydrogens is 200 g/mol. The summed E-state index contributed by atoms with van der Waals surface area (Å²) in [5, 5.41) is 4.52. The molecule has 4 heteroatoms. The molecule has 3 nitrogen and oxygen atoms in total. The van der Waals surface area contributed by atoms with Gasteiger partial charge in [0.1, 0.15) is 0 Å². The van der Waals surface area contributed by atoms with E-state index in [-0.39, 0.29) is 5.91 Å². The van der Waals surface area contributed by atoms with Crippen LogP contribution in [0.2, 0.25) is 5.02 Å². The smallest absolute Gasteiger partial charge is 0.267 e. The lowest BCUT2D eigenvalue weighted by Crippen LogP contribution is -2.07. The van der Waals surface area contributed by atoms with E-state index in [4.69, 9.17) is 11.6 Å². The van der Waals surface area contributed by atoms with Crippen molar-refractivity contribution in [2.45, 2.75) is 0 Å². The van der Waals surface area contributed by atoms with Crippen LogP contribution in [0.5, 0.6) is 0 Å². The molecule has 0 unspecified atom stereocenters. The molecule has 0 amide bonds. The molecule has 14 heavy (non-hydrogen) atoms. The van der Waals surface area contributed by atoms with Crippen LogP contribution in [-0.2, 0) is 0 Å². The van der Waals surface area contributed by atoms with Crippen LogP contribution in [0, 0.1) is 0 Å². The first-order valence-corrected chi connectivity index (χ1v) is 4.54. The molecule has 1 aromatic carbocycles. The van der Waals surface area contributed by atoms with Crippen LogP contribution in [0.3, 0.4) is 0 Å². The first-order valence-electron chi connectivity index (χ1n) is 4.16. The standard InChI is InChI=1S/C10H5ClN2O/c11-6-1-2-7-8(5-6)10(14)13-9(7)3-4-12-13/h1-5H. The number of rotatable bonds is 0. The van der Waals surface area contributed by atoms with E-state index in [1.54, 1.807) is 18.3 Å². The maximum absolute atomic E-state index is 11.7. The molecule has 68 valence electrons. The zero-order valence-electron chi connectivity index (χ0n) is 7.07. The van der Waals surface area contributed by atoms with Crippen molar-refractivity contribution in [3.8, 4) is 11.3 Å². The van der Waals surface area contributed by atoms with Gasteiger partial charge >= 0.3 is 0 Å². The van der Waals surface area contributed by atoms with E-state index in [2.05, 4.69) is 5.10 Å². The van der Waals surface area contributed by atoms with Crippen LogP contribution in [0.4, 0.5) is 0 Å². The molecular formula is C10H5ClN2O. The Morgan fingerprint density at radius 2 is 2.07 bits per heavy atom. The molecule has 0 saturated carbocycles. The van der Waals surface area contributed by atoms with Crippen molar-refractivity contribution in [2.75, 3.05) is 0 Å². The molecule has 1 aliphatic heterocycles. The van der Waals surface area contributed by atoms with Gasteiger partial charge in [-0.1, -0.05) is 17.7 Å².